The van der Waals surface area contributed by atoms with Gasteiger partial charge in [0.1, 0.15) is 5.75 Å². The molecule has 1 heterocycles. The first-order valence-electron chi connectivity index (χ1n) is 9.07. The summed E-state index contributed by atoms with van der Waals surface area (Å²) in [5.41, 5.74) is 2.83. The third-order valence-electron chi connectivity index (χ3n) is 5.04. The number of benzene rings is 2. The van der Waals surface area contributed by atoms with Crippen molar-refractivity contribution >= 4 is 5.91 Å². The Hall–Kier alpha value is -2.37. The van der Waals surface area contributed by atoms with Crippen molar-refractivity contribution in [2.45, 2.75) is 31.9 Å². The molecule has 0 aliphatic carbocycles. The number of phenols is 1. The summed E-state index contributed by atoms with van der Waals surface area (Å²) in [5.74, 6) is -0.0574. The minimum Gasteiger partial charge on any atom is -0.508 e. The number of hydrogen-bond donors (Lipinski definition) is 4. The van der Waals surface area contributed by atoms with Gasteiger partial charge in [0.25, 0.3) is 5.91 Å². The minimum atomic E-state index is -0.487. The van der Waals surface area contributed by atoms with E-state index in [2.05, 4.69) is 34.9 Å². The Morgan fingerprint density at radius 1 is 1.19 bits per heavy atom. The van der Waals surface area contributed by atoms with Crippen LogP contribution < -0.4 is 10.6 Å². The quantitative estimate of drug-likeness (QED) is 0.662. The van der Waals surface area contributed by atoms with Crippen molar-refractivity contribution in [1.82, 2.24) is 10.6 Å². The lowest BCUT2D eigenvalue weighted by atomic mass is 9.84. The maximum absolute atomic E-state index is 12.7. The number of nitrogens with one attached hydrogen (secondary N) is 2. The molecule has 5 heteroatoms. The standard InChI is InChI=1S/C21H26N2O3/c1-14-2-4-15(5-3-14)12-19(18-10-11-22-13-20(18)25)23-21(26)16-6-8-17(24)9-7-16/h2-9,18-20,22,24-25H,10-13H2,1H3,(H,23,26). The summed E-state index contributed by atoms with van der Waals surface area (Å²) >= 11 is 0. The maximum Gasteiger partial charge on any atom is 0.251 e. The molecule has 0 spiro atoms. The molecule has 2 aromatic rings. The van der Waals surface area contributed by atoms with Crippen molar-refractivity contribution in [2.75, 3.05) is 13.1 Å². The fourth-order valence-corrected chi connectivity index (χ4v) is 3.48. The SMILES string of the molecule is Cc1ccc(CC(NC(=O)c2ccc(O)cc2)C2CCNCC2O)cc1. The van der Waals surface area contributed by atoms with Gasteiger partial charge in [-0.1, -0.05) is 29.8 Å². The summed E-state index contributed by atoms with van der Waals surface area (Å²) in [5, 5.41) is 26.1. The molecule has 1 amide bonds. The first-order chi connectivity index (χ1) is 12.5. The van der Waals surface area contributed by atoms with E-state index in [1.165, 1.54) is 17.7 Å². The normalized spacial score (nSPS) is 21.2. The van der Waals surface area contributed by atoms with Gasteiger partial charge in [0.2, 0.25) is 0 Å². The molecular formula is C21H26N2O3. The van der Waals surface area contributed by atoms with Crippen LogP contribution in [0.15, 0.2) is 48.5 Å². The number of amides is 1. The monoisotopic (exact) mass is 354 g/mol. The van der Waals surface area contributed by atoms with E-state index in [-0.39, 0.29) is 23.6 Å². The van der Waals surface area contributed by atoms with E-state index in [1.807, 2.05) is 6.92 Å². The van der Waals surface area contributed by atoms with Gasteiger partial charge >= 0.3 is 0 Å². The Labute approximate surface area is 154 Å². The third kappa shape index (κ3) is 4.62. The summed E-state index contributed by atoms with van der Waals surface area (Å²) in [6.07, 6.45) is 0.999. The van der Waals surface area contributed by atoms with E-state index in [0.29, 0.717) is 18.5 Å². The zero-order valence-corrected chi connectivity index (χ0v) is 15.0. The van der Waals surface area contributed by atoms with Gasteiger partial charge in [0.05, 0.1) is 6.10 Å². The highest BCUT2D eigenvalue weighted by Crippen LogP contribution is 2.21. The van der Waals surface area contributed by atoms with Crippen molar-refractivity contribution in [3.63, 3.8) is 0 Å². The van der Waals surface area contributed by atoms with Crippen molar-refractivity contribution in [2.24, 2.45) is 5.92 Å². The number of aliphatic hydroxyl groups is 1. The van der Waals surface area contributed by atoms with Crippen LogP contribution in [0, 0.1) is 12.8 Å². The zero-order chi connectivity index (χ0) is 18.5. The van der Waals surface area contributed by atoms with E-state index in [9.17, 15) is 15.0 Å². The minimum absolute atomic E-state index is 0.00128. The van der Waals surface area contributed by atoms with Gasteiger partial charge in [-0.15, -0.1) is 0 Å². The molecule has 1 saturated heterocycles. The van der Waals surface area contributed by atoms with Crippen LogP contribution in [-0.2, 0) is 6.42 Å². The molecule has 1 aliphatic rings. The summed E-state index contributed by atoms with van der Waals surface area (Å²) in [4.78, 5) is 12.7. The molecule has 0 bridgehead atoms. The van der Waals surface area contributed by atoms with Crippen molar-refractivity contribution < 1.29 is 15.0 Å². The summed E-state index contributed by atoms with van der Waals surface area (Å²) in [6, 6.07) is 14.3. The van der Waals surface area contributed by atoms with Crippen LogP contribution in [0.4, 0.5) is 0 Å². The zero-order valence-electron chi connectivity index (χ0n) is 15.0. The number of carbonyl (C=O) groups excluding carboxylic acids is 1. The topological polar surface area (TPSA) is 81.6 Å². The average molecular weight is 354 g/mol. The first kappa shape index (κ1) is 18.4. The van der Waals surface area contributed by atoms with Crippen LogP contribution in [0.1, 0.15) is 27.9 Å². The van der Waals surface area contributed by atoms with Gasteiger partial charge in [-0.3, -0.25) is 4.79 Å². The van der Waals surface area contributed by atoms with Crippen molar-refractivity contribution in [1.29, 1.82) is 0 Å². The number of rotatable bonds is 5. The Balaban J connectivity index is 1.78. The number of aromatic hydroxyl groups is 1. The van der Waals surface area contributed by atoms with E-state index in [0.717, 1.165) is 18.5 Å². The lowest BCUT2D eigenvalue weighted by Crippen LogP contribution is -2.52. The largest absolute Gasteiger partial charge is 0.508 e. The maximum atomic E-state index is 12.7. The molecule has 5 nitrogen and oxygen atoms in total. The summed E-state index contributed by atoms with van der Waals surface area (Å²) in [7, 11) is 0. The molecule has 3 unspecified atom stereocenters. The summed E-state index contributed by atoms with van der Waals surface area (Å²) < 4.78 is 0. The number of piperidine rings is 1. The van der Waals surface area contributed by atoms with Crippen LogP contribution >= 0.6 is 0 Å². The van der Waals surface area contributed by atoms with Crippen LogP contribution in [0.5, 0.6) is 5.75 Å². The van der Waals surface area contributed by atoms with Crippen LogP contribution in [-0.4, -0.2) is 41.4 Å². The highest BCUT2D eigenvalue weighted by molar-refractivity contribution is 5.94. The van der Waals surface area contributed by atoms with E-state index in [1.54, 1.807) is 12.1 Å². The lowest BCUT2D eigenvalue weighted by molar-refractivity contribution is 0.0555. The predicted molar refractivity (Wildman–Crippen MR) is 101 cm³/mol. The van der Waals surface area contributed by atoms with Gasteiger partial charge < -0.3 is 20.8 Å². The third-order valence-corrected chi connectivity index (χ3v) is 5.04. The van der Waals surface area contributed by atoms with Gasteiger partial charge in [0.15, 0.2) is 0 Å². The van der Waals surface area contributed by atoms with Crippen LogP contribution in [0.3, 0.4) is 0 Å². The second kappa shape index (κ2) is 8.34. The molecular weight excluding hydrogens is 328 g/mol. The molecule has 0 saturated carbocycles. The van der Waals surface area contributed by atoms with Crippen molar-refractivity contribution in [3.8, 4) is 5.75 Å². The highest BCUT2D eigenvalue weighted by Gasteiger charge is 2.31. The van der Waals surface area contributed by atoms with Gasteiger partial charge in [0, 0.05) is 24.1 Å². The smallest absolute Gasteiger partial charge is 0.251 e. The van der Waals surface area contributed by atoms with E-state index >= 15 is 0 Å². The molecule has 26 heavy (non-hydrogen) atoms. The fraction of sp³-hybridized carbons (Fsp3) is 0.381. The molecule has 0 radical (unpaired) electrons. The molecule has 138 valence electrons. The number of phenolic OH excluding ortho intramolecular Hbond substituents is 1. The molecule has 4 N–H and O–H groups in total. The Kier molecular flexibility index (Phi) is 5.91. The van der Waals surface area contributed by atoms with Gasteiger partial charge in [-0.05, 0) is 56.1 Å². The number of carbonyl (C=O) groups is 1. The molecule has 2 aromatic carbocycles. The van der Waals surface area contributed by atoms with Gasteiger partial charge in [-0.2, -0.15) is 0 Å². The second-order valence-electron chi connectivity index (χ2n) is 7.04. The first-order valence-corrected chi connectivity index (χ1v) is 9.07. The lowest BCUT2D eigenvalue weighted by Gasteiger charge is -2.35. The molecule has 1 aliphatic heterocycles. The fourth-order valence-electron chi connectivity index (χ4n) is 3.48. The Morgan fingerprint density at radius 3 is 2.54 bits per heavy atom. The molecule has 3 rings (SSSR count). The van der Waals surface area contributed by atoms with Crippen LogP contribution in [0.2, 0.25) is 0 Å². The van der Waals surface area contributed by atoms with Crippen molar-refractivity contribution in [3.05, 3.63) is 65.2 Å². The van der Waals surface area contributed by atoms with Gasteiger partial charge in [-0.25, -0.2) is 0 Å². The molecule has 1 fully saturated rings. The summed E-state index contributed by atoms with van der Waals surface area (Å²) in [6.45, 7) is 3.43. The Morgan fingerprint density at radius 2 is 1.88 bits per heavy atom. The van der Waals surface area contributed by atoms with E-state index in [4.69, 9.17) is 0 Å². The average Bonchev–Trinajstić information content (AvgIpc) is 2.64. The number of hydrogen-bond acceptors (Lipinski definition) is 4. The second-order valence-corrected chi connectivity index (χ2v) is 7.04. The number of β-amino-alcohol motifs (C(OH)–C–C–N with tert-alkyl or cyclic N) is 1. The van der Waals surface area contributed by atoms with E-state index < -0.39 is 6.10 Å². The van der Waals surface area contributed by atoms with Crippen LogP contribution in [0.25, 0.3) is 0 Å². The number of aliphatic hydroxyl groups excluding tert-OH is 1. The Bertz CT molecular complexity index is 728. The number of aryl methyl sites for hydroxylation is 1. The molecule has 0 aromatic heterocycles. The molecule has 3 atom stereocenters. The predicted octanol–water partition coefficient (Wildman–Crippen LogP) is 2.01. The highest BCUT2D eigenvalue weighted by atomic mass is 16.3.